The molecule has 0 heterocycles. The summed E-state index contributed by atoms with van der Waals surface area (Å²) in [4.78, 5) is 12.3. The quantitative estimate of drug-likeness (QED) is 0.552. The van der Waals surface area contributed by atoms with Gasteiger partial charge in [0.05, 0.1) is 0 Å². The van der Waals surface area contributed by atoms with Crippen molar-refractivity contribution < 1.29 is 4.79 Å². The molecular formula is C17H17ClO. The predicted molar refractivity (Wildman–Crippen MR) is 79.9 cm³/mol. The van der Waals surface area contributed by atoms with Crippen LogP contribution in [0.25, 0.3) is 0 Å². The summed E-state index contributed by atoms with van der Waals surface area (Å²) in [6.45, 7) is 0. The number of rotatable bonds is 6. The number of halogens is 1. The molecule has 1 unspecified atom stereocenters. The topological polar surface area (TPSA) is 17.1 Å². The van der Waals surface area contributed by atoms with Crippen molar-refractivity contribution in [3.63, 3.8) is 0 Å². The van der Waals surface area contributed by atoms with E-state index in [-0.39, 0.29) is 11.7 Å². The first kappa shape index (κ1) is 13.8. The van der Waals surface area contributed by atoms with E-state index in [0.29, 0.717) is 12.3 Å². The Bertz CT molecular complexity index is 507. The third-order valence-electron chi connectivity index (χ3n) is 3.26. The Kier molecular flexibility index (Phi) is 5.17. The summed E-state index contributed by atoms with van der Waals surface area (Å²) in [7, 11) is 0. The molecule has 0 aliphatic rings. The molecular weight excluding hydrogens is 256 g/mol. The van der Waals surface area contributed by atoms with Gasteiger partial charge in [-0.2, -0.15) is 0 Å². The second kappa shape index (κ2) is 7.10. The first-order valence-corrected chi connectivity index (χ1v) is 7.04. The minimum atomic E-state index is 0.180. The standard InChI is InChI=1S/C17H17ClO/c18-12-11-16(14-7-3-1-4-8-14)13-17(19)15-9-5-2-6-10-15/h1-10,16H,11-13H2. The number of hydrogen-bond donors (Lipinski definition) is 0. The number of hydrogen-bond acceptors (Lipinski definition) is 1. The van der Waals surface area contributed by atoms with Crippen molar-refractivity contribution in [1.82, 2.24) is 0 Å². The molecule has 19 heavy (non-hydrogen) atoms. The number of Topliss-reactive ketones (excluding diaryl/α,β-unsaturated/α-hetero) is 1. The first-order valence-electron chi connectivity index (χ1n) is 6.50. The van der Waals surface area contributed by atoms with E-state index in [1.165, 1.54) is 5.56 Å². The highest BCUT2D eigenvalue weighted by atomic mass is 35.5. The number of carbonyl (C=O) groups is 1. The third kappa shape index (κ3) is 3.93. The Hall–Kier alpha value is -1.60. The van der Waals surface area contributed by atoms with Gasteiger partial charge < -0.3 is 0 Å². The van der Waals surface area contributed by atoms with Crippen molar-refractivity contribution in [3.8, 4) is 0 Å². The SMILES string of the molecule is O=C(CC(CCCl)c1ccccc1)c1ccccc1. The van der Waals surface area contributed by atoms with Crippen LogP contribution < -0.4 is 0 Å². The van der Waals surface area contributed by atoms with E-state index in [1.807, 2.05) is 48.5 Å². The lowest BCUT2D eigenvalue weighted by molar-refractivity contribution is 0.0973. The minimum Gasteiger partial charge on any atom is -0.294 e. The fraction of sp³-hybridized carbons (Fsp3) is 0.235. The molecule has 2 aromatic rings. The molecule has 0 bridgehead atoms. The lowest BCUT2D eigenvalue weighted by Gasteiger charge is -2.15. The second-order valence-electron chi connectivity index (χ2n) is 4.58. The monoisotopic (exact) mass is 272 g/mol. The summed E-state index contributed by atoms with van der Waals surface area (Å²) >= 11 is 5.86. The maximum absolute atomic E-state index is 12.3. The lowest BCUT2D eigenvalue weighted by Crippen LogP contribution is -2.08. The van der Waals surface area contributed by atoms with Crippen LogP contribution in [-0.4, -0.2) is 11.7 Å². The van der Waals surface area contributed by atoms with Gasteiger partial charge in [-0.05, 0) is 17.9 Å². The van der Waals surface area contributed by atoms with Crippen molar-refractivity contribution in [1.29, 1.82) is 0 Å². The lowest BCUT2D eigenvalue weighted by atomic mass is 9.89. The van der Waals surface area contributed by atoms with E-state index in [9.17, 15) is 4.79 Å². The fourth-order valence-electron chi connectivity index (χ4n) is 2.21. The zero-order valence-electron chi connectivity index (χ0n) is 10.8. The van der Waals surface area contributed by atoms with Gasteiger partial charge in [0.15, 0.2) is 5.78 Å². The van der Waals surface area contributed by atoms with Crippen LogP contribution in [0.1, 0.15) is 34.7 Å². The number of alkyl halides is 1. The molecule has 0 saturated carbocycles. The van der Waals surface area contributed by atoms with E-state index < -0.39 is 0 Å². The van der Waals surface area contributed by atoms with Crippen LogP contribution >= 0.6 is 11.6 Å². The Morgan fingerprint density at radius 1 is 0.947 bits per heavy atom. The van der Waals surface area contributed by atoms with E-state index in [4.69, 9.17) is 11.6 Å². The molecule has 0 N–H and O–H groups in total. The van der Waals surface area contributed by atoms with Crippen molar-refractivity contribution in [2.24, 2.45) is 0 Å². The van der Waals surface area contributed by atoms with Crippen LogP contribution in [0.2, 0.25) is 0 Å². The van der Waals surface area contributed by atoms with Gasteiger partial charge in [-0.15, -0.1) is 11.6 Å². The number of carbonyl (C=O) groups excluding carboxylic acids is 1. The number of ketones is 1. The maximum atomic E-state index is 12.3. The highest BCUT2D eigenvalue weighted by Crippen LogP contribution is 2.25. The Morgan fingerprint density at radius 3 is 2.11 bits per heavy atom. The second-order valence-corrected chi connectivity index (χ2v) is 4.96. The molecule has 98 valence electrons. The smallest absolute Gasteiger partial charge is 0.163 e. The summed E-state index contributed by atoms with van der Waals surface area (Å²) in [6, 6.07) is 19.6. The summed E-state index contributed by atoms with van der Waals surface area (Å²) < 4.78 is 0. The highest BCUT2D eigenvalue weighted by molar-refractivity contribution is 6.17. The number of benzene rings is 2. The van der Waals surface area contributed by atoms with Crippen LogP contribution in [0.5, 0.6) is 0 Å². The van der Waals surface area contributed by atoms with Crippen molar-refractivity contribution in [2.75, 3.05) is 5.88 Å². The van der Waals surface area contributed by atoms with Gasteiger partial charge in [0.2, 0.25) is 0 Å². The molecule has 2 heteroatoms. The van der Waals surface area contributed by atoms with Crippen molar-refractivity contribution in [3.05, 3.63) is 71.8 Å². The first-order chi connectivity index (χ1) is 9.31. The Balaban J connectivity index is 2.11. The van der Waals surface area contributed by atoms with Crippen molar-refractivity contribution in [2.45, 2.75) is 18.8 Å². The Labute approximate surface area is 119 Å². The van der Waals surface area contributed by atoms with E-state index in [2.05, 4.69) is 12.1 Å². The molecule has 0 aliphatic carbocycles. The molecule has 2 rings (SSSR count). The third-order valence-corrected chi connectivity index (χ3v) is 3.47. The molecule has 0 fully saturated rings. The fourth-order valence-corrected chi connectivity index (χ4v) is 2.47. The normalized spacial score (nSPS) is 12.1. The van der Waals surface area contributed by atoms with Gasteiger partial charge in [0, 0.05) is 17.9 Å². The van der Waals surface area contributed by atoms with Gasteiger partial charge >= 0.3 is 0 Å². The minimum absolute atomic E-state index is 0.180. The van der Waals surface area contributed by atoms with Gasteiger partial charge in [-0.25, -0.2) is 0 Å². The van der Waals surface area contributed by atoms with Gasteiger partial charge in [0.1, 0.15) is 0 Å². The average Bonchev–Trinajstić information content (AvgIpc) is 2.48. The molecule has 0 radical (unpaired) electrons. The van der Waals surface area contributed by atoms with Crippen molar-refractivity contribution >= 4 is 17.4 Å². The maximum Gasteiger partial charge on any atom is 0.163 e. The van der Waals surface area contributed by atoms with E-state index in [1.54, 1.807) is 0 Å². The van der Waals surface area contributed by atoms with Gasteiger partial charge in [-0.3, -0.25) is 4.79 Å². The molecule has 1 atom stereocenters. The van der Waals surface area contributed by atoms with Crippen LogP contribution in [-0.2, 0) is 0 Å². The zero-order chi connectivity index (χ0) is 13.5. The molecule has 2 aromatic carbocycles. The van der Waals surface area contributed by atoms with Crippen LogP contribution in [0.3, 0.4) is 0 Å². The van der Waals surface area contributed by atoms with Crippen LogP contribution in [0, 0.1) is 0 Å². The predicted octanol–water partition coefficient (Wildman–Crippen LogP) is 4.67. The molecule has 0 saturated heterocycles. The van der Waals surface area contributed by atoms with Gasteiger partial charge in [-0.1, -0.05) is 60.7 Å². The summed E-state index contributed by atoms with van der Waals surface area (Å²) in [5.41, 5.74) is 1.96. The highest BCUT2D eigenvalue weighted by Gasteiger charge is 2.16. The molecule has 0 amide bonds. The summed E-state index contributed by atoms with van der Waals surface area (Å²) in [5.74, 6) is 0.952. The molecule has 0 aliphatic heterocycles. The molecule has 1 nitrogen and oxygen atoms in total. The summed E-state index contributed by atoms with van der Waals surface area (Å²) in [6.07, 6.45) is 1.34. The zero-order valence-corrected chi connectivity index (χ0v) is 11.5. The average molecular weight is 273 g/mol. The molecule has 0 spiro atoms. The van der Waals surface area contributed by atoms with Crippen LogP contribution in [0.15, 0.2) is 60.7 Å². The van der Waals surface area contributed by atoms with E-state index >= 15 is 0 Å². The largest absolute Gasteiger partial charge is 0.294 e. The Morgan fingerprint density at radius 2 is 1.53 bits per heavy atom. The van der Waals surface area contributed by atoms with E-state index in [0.717, 1.165) is 12.0 Å². The summed E-state index contributed by atoms with van der Waals surface area (Å²) in [5, 5.41) is 0. The van der Waals surface area contributed by atoms with Crippen LogP contribution in [0.4, 0.5) is 0 Å². The van der Waals surface area contributed by atoms with Gasteiger partial charge in [0.25, 0.3) is 0 Å². The molecule has 0 aromatic heterocycles.